The van der Waals surface area contributed by atoms with Gasteiger partial charge in [-0.2, -0.15) is 0 Å². The van der Waals surface area contributed by atoms with Crippen molar-refractivity contribution in [2.75, 3.05) is 6.61 Å². The standard InChI is InChI=1S/C58H105NO5/c1-4-7-10-13-16-19-21-23-25-27-28-30-32-34-36-39-42-45-48-51-58(63)64-54(49-46-43-40-38-35-33-31-29-26-24-22-20-17-14-11-8-5-2)52-57(62)59-55(53-60)56(61)50-47-44-41-37-18-15-12-9-6-3/h17,20,23-26,31,33,38,40,54-56,60-61H,4-16,18-19,21-22,27-30,32,34-37,39,41-53H2,1-3H3,(H,59,62)/b20-17-,25-23+,26-24-,33-31-,40-38-. The molecular weight excluding hydrogens is 791 g/mol. The number of carbonyl (C=O) groups is 2. The number of nitrogens with one attached hydrogen (secondary N) is 1. The summed E-state index contributed by atoms with van der Waals surface area (Å²) in [4.78, 5) is 26.2. The molecule has 0 aromatic rings. The molecule has 6 heteroatoms. The van der Waals surface area contributed by atoms with Crippen LogP contribution in [0.3, 0.4) is 0 Å². The molecule has 0 aromatic heterocycles. The molecule has 0 spiro atoms. The number of ether oxygens (including phenoxy) is 1. The molecule has 0 rings (SSSR count). The molecule has 1 amide bonds. The van der Waals surface area contributed by atoms with E-state index in [4.69, 9.17) is 4.74 Å². The van der Waals surface area contributed by atoms with E-state index >= 15 is 0 Å². The number of aliphatic hydroxyl groups excluding tert-OH is 2. The first kappa shape index (κ1) is 61.6. The second kappa shape index (κ2) is 51.5. The van der Waals surface area contributed by atoms with E-state index in [2.05, 4.69) is 86.8 Å². The van der Waals surface area contributed by atoms with Crippen molar-refractivity contribution in [2.24, 2.45) is 0 Å². The van der Waals surface area contributed by atoms with Crippen molar-refractivity contribution in [1.82, 2.24) is 5.32 Å². The molecule has 0 bridgehead atoms. The summed E-state index contributed by atoms with van der Waals surface area (Å²) in [7, 11) is 0. The summed E-state index contributed by atoms with van der Waals surface area (Å²) in [5.74, 6) is -0.527. The summed E-state index contributed by atoms with van der Waals surface area (Å²) >= 11 is 0. The highest BCUT2D eigenvalue weighted by atomic mass is 16.5. The Hall–Kier alpha value is -2.44. The Morgan fingerprint density at radius 2 is 0.812 bits per heavy atom. The van der Waals surface area contributed by atoms with E-state index in [0.29, 0.717) is 19.3 Å². The molecular formula is C58H105NO5. The number of hydrogen-bond acceptors (Lipinski definition) is 5. The lowest BCUT2D eigenvalue weighted by atomic mass is 10.0. The molecule has 3 unspecified atom stereocenters. The van der Waals surface area contributed by atoms with Gasteiger partial charge in [-0.15, -0.1) is 0 Å². The van der Waals surface area contributed by atoms with Crippen LogP contribution in [0.1, 0.15) is 271 Å². The smallest absolute Gasteiger partial charge is 0.306 e. The van der Waals surface area contributed by atoms with E-state index in [1.807, 2.05) is 0 Å². The minimum absolute atomic E-state index is 0.0388. The fraction of sp³-hybridized carbons (Fsp3) is 0.793. The summed E-state index contributed by atoms with van der Waals surface area (Å²) in [5, 5.41) is 23.7. The zero-order valence-corrected chi connectivity index (χ0v) is 42.4. The van der Waals surface area contributed by atoms with Crippen molar-refractivity contribution < 1.29 is 24.5 Å². The van der Waals surface area contributed by atoms with Crippen LogP contribution in [0.4, 0.5) is 0 Å². The summed E-state index contributed by atoms with van der Waals surface area (Å²) in [6.07, 6.45) is 64.4. The third kappa shape index (κ3) is 46.1. The lowest BCUT2D eigenvalue weighted by Crippen LogP contribution is -2.46. The average Bonchev–Trinajstić information content (AvgIpc) is 3.29. The topological polar surface area (TPSA) is 95.9 Å². The number of esters is 1. The quantitative estimate of drug-likeness (QED) is 0.0321. The Labute approximate surface area is 397 Å². The summed E-state index contributed by atoms with van der Waals surface area (Å²) in [6, 6.07) is -0.719. The molecule has 0 radical (unpaired) electrons. The van der Waals surface area contributed by atoms with Crippen LogP contribution < -0.4 is 5.32 Å². The molecule has 0 aliphatic rings. The fourth-order valence-corrected chi connectivity index (χ4v) is 8.12. The number of unbranched alkanes of at least 4 members (excludes halogenated alkanes) is 27. The maximum absolute atomic E-state index is 13.2. The Kier molecular flexibility index (Phi) is 49.6. The normalized spacial score (nSPS) is 13.6. The second-order valence-corrected chi connectivity index (χ2v) is 18.6. The first-order valence-corrected chi connectivity index (χ1v) is 27.5. The molecule has 0 heterocycles. The summed E-state index contributed by atoms with van der Waals surface area (Å²) < 4.78 is 5.92. The molecule has 0 saturated heterocycles. The second-order valence-electron chi connectivity index (χ2n) is 18.6. The fourth-order valence-electron chi connectivity index (χ4n) is 8.12. The molecule has 0 aromatic carbocycles. The zero-order chi connectivity index (χ0) is 46.7. The third-order valence-electron chi connectivity index (χ3n) is 12.3. The Bertz CT molecular complexity index is 1140. The van der Waals surface area contributed by atoms with Crippen molar-refractivity contribution in [3.63, 3.8) is 0 Å². The molecule has 0 fully saturated rings. The van der Waals surface area contributed by atoms with Gasteiger partial charge in [0.25, 0.3) is 0 Å². The first-order chi connectivity index (χ1) is 31.5. The Morgan fingerprint density at radius 3 is 1.28 bits per heavy atom. The minimum atomic E-state index is -0.802. The van der Waals surface area contributed by atoms with Gasteiger partial charge in [0.15, 0.2) is 0 Å². The van der Waals surface area contributed by atoms with Crippen molar-refractivity contribution in [3.05, 3.63) is 60.8 Å². The SMILES string of the molecule is CCCCC/C=C\C/C=C\C/C=C\C/C=C\CCCC(CC(=O)NC(CO)C(O)CCCCCCCCCCC)OC(=O)CCCCCCCCCCC/C=C/CCCCCCCC. The molecule has 3 atom stereocenters. The molecule has 6 nitrogen and oxygen atoms in total. The van der Waals surface area contributed by atoms with E-state index in [0.717, 1.165) is 70.6 Å². The van der Waals surface area contributed by atoms with E-state index in [9.17, 15) is 19.8 Å². The number of amides is 1. The number of allylic oxidation sites excluding steroid dienone is 10. The summed E-state index contributed by atoms with van der Waals surface area (Å²) in [5.41, 5.74) is 0. The number of rotatable bonds is 49. The number of hydrogen-bond donors (Lipinski definition) is 3. The van der Waals surface area contributed by atoms with Gasteiger partial charge in [0.1, 0.15) is 6.10 Å². The van der Waals surface area contributed by atoms with Gasteiger partial charge in [-0.3, -0.25) is 9.59 Å². The van der Waals surface area contributed by atoms with Crippen LogP contribution in [0.2, 0.25) is 0 Å². The highest BCUT2D eigenvalue weighted by Gasteiger charge is 2.24. The van der Waals surface area contributed by atoms with E-state index in [1.54, 1.807) is 0 Å². The Balaban J connectivity index is 4.62. The molecule has 0 saturated carbocycles. The monoisotopic (exact) mass is 896 g/mol. The van der Waals surface area contributed by atoms with Gasteiger partial charge in [0.2, 0.25) is 5.91 Å². The van der Waals surface area contributed by atoms with E-state index in [1.165, 1.54) is 154 Å². The highest BCUT2D eigenvalue weighted by molar-refractivity contribution is 5.77. The van der Waals surface area contributed by atoms with Crippen LogP contribution >= 0.6 is 0 Å². The Morgan fingerprint density at radius 1 is 0.453 bits per heavy atom. The predicted octanol–water partition coefficient (Wildman–Crippen LogP) is 16.8. The van der Waals surface area contributed by atoms with Crippen LogP contribution in [-0.2, 0) is 14.3 Å². The van der Waals surface area contributed by atoms with Gasteiger partial charge in [-0.1, -0.05) is 229 Å². The van der Waals surface area contributed by atoms with Gasteiger partial charge in [-0.25, -0.2) is 0 Å². The predicted molar refractivity (Wildman–Crippen MR) is 278 cm³/mol. The number of aliphatic hydroxyl groups is 2. The molecule has 3 N–H and O–H groups in total. The molecule has 0 aliphatic heterocycles. The van der Waals surface area contributed by atoms with E-state index < -0.39 is 18.2 Å². The van der Waals surface area contributed by atoms with Gasteiger partial charge in [-0.05, 0) is 89.9 Å². The largest absolute Gasteiger partial charge is 0.462 e. The van der Waals surface area contributed by atoms with Gasteiger partial charge < -0.3 is 20.3 Å². The number of carbonyl (C=O) groups excluding carboxylic acids is 2. The van der Waals surface area contributed by atoms with Crippen molar-refractivity contribution in [1.29, 1.82) is 0 Å². The molecule has 64 heavy (non-hydrogen) atoms. The van der Waals surface area contributed by atoms with Gasteiger partial charge in [0, 0.05) is 6.42 Å². The van der Waals surface area contributed by atoms with Crippen LogP contribution in [0.25, 0.3) is 0 Å². The maximum Gasteiger partial charge on any atom is 0.306 e. The van der Waals surface area contributed by atoms with Crippen LogP contribution in [0, 0.1) is 0 Å². The molecule has 0 aliphatic carbocycles. The van der Waals surface area contributed by atoms with E-state index in [-0.39, 0.29) is 24.9 Å². The average molecular weight is 896 g/mol. The van der Waals surface area contributed by atoms with Crippen molar-refractivity contribution in [2.45, 2.75) is 289 Å². The molecule has 372 valence electrons. The lowest BCUT2D eigenvalue weighted by Gasteiger charge is -2.24. The maximum atomic E-state index is 13.2. The van der Waals surface area contributed by atoms with Crippen LogP contribution in [0.5, 0.6) is 0 Å². The summed E-state index contributed by atoms with van der Waals surface area (Å²) in [6.45, 7) is 6.43. The van der Waals surface area contributed by atoms with Crippen molar-refractivity contribution in [3.8, 4) is 0 Å². The zero-order valence-electron chi connectivity index (χ0n) is 42.4. The third-order valence-corrected chi connectivity index (χ3v) is 12.3. The van der Waals surface area contributed by atoms with Crippen LogP contribution in [-0.4, -0.2) is 46.9 Å². The first-order valence-electron chi connectivity index (χ1n) is 27.5. The van der Waals surface area contributed by atoms with Gasteiger partial charge in [0.05, 0.1) is 25.2 Å². The van der Waals surface area contributed by atoms with Gasteiger partial charge >= 0.3 is 5.97 Å². The minimum Gasteiger partial charge on any atom is -0.462 e. The highest BCUT2D eigenvalue weighted by Crippen LogP contribution is 2.17. The van der Waals surface area contributed by atoms with Crippen LogP contribution in [0.15, 0.2) is 60.8 Å². The lowest BCUT2D eigenvalue weighted by molar-refractivity contribution is -0.151. The van der Waals surface area contributed by atoms with Crippen molar-refractivity contribution >= 4 is 11.9 Å².